The zero-order valence-corrected chi connectivity index (χ0v) is 19.4. The second kappa shape index (κ2) is 10.2. The topological polar surface area (TPSA) is 65.6 Å². The molecular formula is C24H32ClFN4O2. The molecule has 4 rings (SSSR count). The van der Waals surface area contributed by atoms with Crippen LogP contribution in [-0.4, -0.2) is 56.8 Å². The normalized spacial score (nSPS) is 28.6. The molecule has 0 spiro atoms. The number of nitrogens with one attached hydrogen (secondary N) is 3. The van der Waals surface area contributed by atoms with Gasteiger partial charge in [-0.1, -0.05) is 35.9 Å². The number of hydrogen-bond acceptors (Lipinski definition) is 4. The van der Waals surface area contributed by atoms with Gasteiger partial charge in [-0.25, -0.2) is 9.18 Å². The third kappa shape index (κ3) is 5.27. The minimum atomic E-state index is -0.351. The first-order valence-corrected chi connectivity index (χ1v) is 11.7. The molecule has 0 radical (unpaired) electrons. The molecule has 174 valence electrons. The van der Waals surface area contributed by atoms with Gasteiger partial charge in [0.25, 0.3) is 0 Å². The third-order valence-electron chi connectivity index (χ3n) is 6.52. The number of carbonyl (C=O) groups is 1. The number of benzene rings is 1. The Balaban J connectivity index is 1.46. The average Bonchev–Trinajstić information content (AvgIpc) is 2.77. The standard InChI is InChI=1S/C24H32ClFN4O2/c1-30(2)11-10-27-24(31)28-14-17-8-9-18-21(15-6-4-3-5-7-15)29-22-19(23(18)32-17)12-16(25)13-20(22)26/h3-6,12-13,15,17-18,21,23,29H,7-11,14H2,1-2H3,(H2,27,28,31)/t15?,17-,18+,21+,23+/m1/s1. The van der Waals surface area contributed by atoms with E-state index in [1.165, 1.54) is 6.07 Å². The Morgan fingerprint density at radius 3 is 2.88 bits per heavy atom. The van der Waals surface area contributed by atoms with Crippen molar-refractivity contribution in [3.8, 4) is 0 Å². The summed E-state index contributed by atoms with van der Waals surface area (Å²) in [6, 6.07) is 3.03. The molecule has 0 aromatic heterocycles. The summed E-state index contributed by atoms with van der Waals surface area (Å²) in [5, 5.41) is 9.61. The fraction of sp³-hybridized carbons (Fsp3) is 0.542. The lowest BCUT2D eigenvalue weighted by Crippen LogP contribution is -2.49. The van der Waals surface area contributed by atoms with Gasteiger partial charge in [-0.2, -0.15) is 0 Å². The Hall–Kier alpha value is -2.09. The van der Waals surface area contributed by atoms with Crippen LogP contribution in [0.25, 0.3) is 0 Å². The number of halogens is 2. The summed E-state index contributed by atoms with van der Waals surface area (Å²) in [4.78, 5) is 14.1. The number of carbonyl (C=O) groups excluding carboxylic acids is 1. The monoisotopic (exact) mass is 462 g/mol. The van der Waals surface area contributed by atoms with E-state index in [2.05, 4.69) is 34.2 Å². The van der Waals surface area contributed by atoms with Crippen LogP contribution in [0.3, 0.4) is 0 Å². The van der Waals surface area contributed by atoms with Gasteiger partial charge < -0.3 is 25.6 Å². The highest BCUT2D eigenvalue weighted by Gasteiger charge is 2.44. The molecule has 32 heavy (non-hydrogen) atoms. The van der Waals surface area contributed by atoms with Crippen molar-refractivity contribution in [2.45, 2.75) is 37.5 Å². The number of fused-ring (bicyclic) bond motifs is 3. The molecule has 8 heteroatoms. The van der Waals surface area contributed by atoms with Crippen LogP contribution < -0.4 is 16.0 Å². The van der Waals surface area contributed by atoms with Gasteiger partial charge in [0.15, 0.2) is 0 Å². The van der Waals surface area contributed by atoms with Gasteiger partial charge in [-0.15, -0.1) is 0 Å². The van der Waals surface area contributed by atoms with Crippen molar-refractivity contribution in [1.82, 2.24) is 15.5 Å². The Labute approximate surface area is 194 Å². The second-order valence-electron chi connectivity index (χ2n) is 9.09. The van der Waals surface area contributed by atoms with Crippen LogP contribution in [0.4, 0.5) is 14.9 Å². The number of ether oxygens (including phenoxy) is 1. The molecule has 2 amide bonds. The number of rotatable bonds is 6. The molecule has 1 unspecified atom stereocenters. The Bertz CT molecular complexity index is 891. The maximum absolute atomic E-state index is 14.9. The summed E-state index contributed by atoms with van der Waals surface area (Å²) in [6.45, 7) is 1.77. The van der Waals surface area contributed by atoms with Gasteiger partial charge in [0.2, 0.25) is 0 Å². The molecule has 6 nitrogen and oxygen atoms in total. The van der Waals surface area contributed by atoms with Crippen LogP contribution >= 0.6 is 11.6 Å². The number of hydrogen-bond donors (Lipinski definition) is 3. The Morgan fingerprint density at radius 1 is 1.28 bits per heavy atom. The fourth-order valence-corrected chi connectivity index (χ4v) is 5.14. The molecular weight excluding hydrogens is 431 g/mol. The minimum absolute atomic E-state index is 0.0765. The highest BCUT2D eigenvalue weighted by atomic mass is 35.5. The molecule has 1 aromatic rings. The van der Waals surface area contributed by atoms with Gasteiger partial charge in [0.1, 0.15) is 5.82 Å². The summed E-state index contributed by atoms with van der Waals surface area (Å²) in [6.07, 6.45) is 10.7. The molecule has 5 atom stereocenters. The van der Waals surface area contributed by atoms with Crippen LogP contribution in [-0.2, 0) is 4.74 Å². The van der Waals surface area contributed by atoms with E-state index in [0.29, 0.717) is 23.8 Å². The predicted molar refractivity (Wildman–Crippen MR) is 126 cm³/mol. The number of amides is 2. The van der Waals surface area contributed by atoms with E-state index in [-0.39, 0.29) is 41.9 Å². The zero-order chi connectivity index (χ0) is 22.7. The van der Waals surface area contributed by atoms with Gasteiger partial charge in [0, 0.05) is 48.1 Å². The summed E-state index contributed by atoms with van der Waals surface area (Å²) < 4.78 is 21.3. The molecule has 0 saturated carbocycles. The fourth-order valence-electron chi connectivity index (χ4n) is 4.92. The summed E-state index contributed by atoms with van der Waals surface area (Å²) in [7, 11) is 3.93. The zero-order valence-electron chi connectivity index (χ0n) is 18.6. The van der Waals surface area contributed by atoms with Crippen LogP contribution in [0, 0.1) is 17.7 Å². The van der Waals surface area contributed by atoms with Gasteiger partial charge in [-0.05, 0) is 45.5 Å². The van der Waals surface area contributed by atoms with Crippen molar-refractivity contribution in [1.29, 1.82) is 0 Å². The van der Waals surface area contributed by atoms with Crippen molar-refractivity contribution in [2.24, 2.45) is 11.8 Å². The molecule has 1 aromatic carbocycles. The van der Waals surface area contributed by atoms with Crippen LogP contribution in [0.15, 0.2) is 36.4 Å². The molecule has 0 bridgehead atoms. The number of urea groups is 1. The lowest BCUT2D eigenvalue weighted by Gasteiger charge is -2.47. The molecule has 3 aliphatic rings. The van der Waals surface area contributed by atoms with E-state index >= 15 is 0 Å². The van der Waals surface area contributed by atoms with Crippen molar-refractivity contribution in [3.05, 3.63) is 52.8 Å². The third-order valence-corrected chi connectivity index (χ3v) is 6.74. The first kappa shape index (κ1) is 23.1. The first-order valence-electron chi connectivity index (χ1n) is 11.3. The van der Waals surface area contributed by atoms with Crippen molar-refractivity contribution in [3.63, 3.8) is 0 Å². The summed E-state index contributed by atoms with van der Waals surface area (Å²) in [5.74, 6) is 0.124. The molecule has 1 aliphatic carbocycles. The maximum Gasteiger partial charge on any atom is 0.314 e. The van der Waals surface area contributed by atoms with Gasteiger partial charge >= 0.3 is 6.03 Å². The molecule has 2 aliphatic heterocycles. The Morgan fingerprint density at radius 2 is 2.12 bits per heavy atom. The number of allylic oxidation sites excluding steroid dienone is 3. The van der Waals surface area contributed by atoms with E-state index in [1.54, 1.807) is 6.07 Å². The van der Waals surface area contributed by atoms with Crippen LogP contribution in [0.2, 0.25) is 5.02 Å². The average molecular weight is 463 g/mol. The van der Waals surface area contributed by atoms with Crippen molar-refractivity contribution >= 4 is 23.3 Å². The van der Waals surface area contributed by atoms with Crippen molar-refractivity contribution < 1.29 is 13.9 Å². The van der Waals surface area contributed by atoms with Gasteiger partial charge in [0.05, 0.1) is 17.9 Å². The summed E-state index contributed by atoms with van der Waals surface area (Å²) in [5.41, 5.74) is 1.25. The quantitative estimate of drug-likeness (QED) is 0.595. The highest BCUT2D eigenvalue weighted by molar-refractivity contribution is 6.30. The van der Waals surface area contributed by atoms with Crippen molar-refractivity contribution in [2.75, 3.05) is 39.0 Å². The van der Waals surface area contributed by atoms with E-state index in [9.17, 15) is 9.18 Å². The summed E-state index contributed by atoms with van der Waals surface area (Å²) >= 11 is 6.20. The van der Waals surface area contributed by atoms with E-state index in [4.69, 9.17) is 16.3 Å². The molecule has 1 fully saturated rings. The largest absolute Gasteiger partial charge is 0.379 e. The molecule has 1 saturated heterocycles. The van der Waals surface area contributed by atoms with Gasteiger partial charge in [-0.3, -0.25) is 0 Å². The SMILES string of the molecule is CN(C)CCNC(=O)NC[C@H]1CC[C@@H]2[C@H](O1)c1cc(Cl)cc(F)c1N[C@H]2C1C=CC=CC1. The van der Waals surface area contributed by atoms with E-state index in [1.807, 2.05) is 25.1 Å². The first-order chi connectivity index (χ1) is 15.4. The van der Waals surface area contributed by atoms with E-state index < -0.39 is 0 Å². The predicted octanol–water partition coefficient (Wildman–Crippen LogP) is 4.10. The van der Waals surface area contributed by atoms with Crippen LogP contribution in [0.1, 0.15) is 30.9 Å². The van der Waals surface area contributed by atoms with E-state index in [0.717, 1.165) is 31.4 Å². The lowest BCUT2D eigenvalue weighted by atomic mass is 9.73. The molecule has 2 heterocycles. The highest BCUT2D eigenvalue weighted by Crippen LogP contribution is 2.49. The number of likely N-dealkylation sites (N-methyl/N-ethyl adjacent to an activating group) is 1. The smallest absolute Gasteiger partial charge is 0.314 e. The minimum Gasteiger partial charge on any atom is -0.379 e. The second-order valence-corrected chi connectivity index (χ2v) is 9.53. The lowest BCUT2D eigenvalue weighted by molar-refractivity contribution is -0.0931. The van der Waals surface area contributed by atoms with Crippen LogP contribution in [0.5, 0.6) is 0 Å². The maximum atomic E-state index is 14.9. The Kier molecular flexibility index (Phi) is 7.38. The number of nitrogens with zero attached hydrogens (tertiary/aromatic N) is 1. The molecule has 3 N–H and O–H groups in total. The number of anilines is 1.